The average molecular weight is 277 g/mol. The molecule has 0 atom stereocenters. The lowest BCUT2D eigenvalue weighted by Crippen LogP contribution is -2.41. The number of carbonyl (C=O) groups is 1. The molecule has 1 aromatic carbocycles. The van der Waals surface area contributed by atoms with Gasteiger partial charge in [-0.1, -0.05) is 25.3 Å². The molecule has 0 saturated heterocycles. The van der Waals surface area contributed by atoms with E-state index in [2.05, 4.69) is 5.32 Å². The minimum absolute atomic E-state index is 0.00388. The van der Waals surface area contributed by atoms with E-state index in [0.29, 0.717) is 12.1 Å². The van der Waals surface area contributed by atoms with Crippen LogP contribution in [0.4, 0.5) is 0 Å². The second-order valence-corrected chi connectivity index (χ2v) is 5.92. The molecule has 0 aromatic heterocycles. The lowest BCUT2D eigenvalue weighted by Gasteiger charge is -2.35. The number of aromatic hydroxyl groups is 1. The van der Waals surface area contributed by atoms with E-state index in [1.54, 1.807) is 18.2 Å². The summed E-state index contributed by atoms with van der Waals surface area (Å²) in [4.78, 5) is 12.1. The number of amides is 1. The van der Waals surface area contributed by atoms with Gasteiger partial charge in [0.2, 0.25) is 0 Å². The zero-order chi connectivity index (χ0) is 14.6. The molecule has 1 amide bonds. The Labute approximate surface area is 119 Å². The normalized spacial score (nSPS) is 17.7. The fourth-order valence-corrected chi connectivity index (χ4v) is 2.89. The maximum atomic E-state index is 12.1. The van der Waals surface area contributed by atoms with Crippen LogP contribution in [0.15, 0.2) is 18.2 Å². The van der Waals surface area contributed by atoms with Crippen molar-refractivity contribution in [3.8, 4) is 5.75 Å². The molecule has 0 radical (unpaired) electrons. The molecule has 20 heavy (non-hydrogen) atoms. The first kappa shape index (κ1) is 14.9. The predicted molar refractivity (Wildman–Crippen MR) is 77.8 cm³/mol. The van der Waals surface area contributed by atoms with Gasteiger partial charge in [0.25, 0.3) is 5.91 Å². The van der Waals surface area contributed by atoms with E-state index < -0.39 is 0 Å². The first-order valence-corrected chi connectivity index (χ1v) is 7.25. The third kappa shape index (κ3) is 3.31. The Balaban J connectivity index is 2.00. The Morgan fingerprint density at radius 3 is 2.60 bits per heavy atom. The van der Waals surface area contributed by atoms with Crippen LogP contribution in [0.5, 0.6) is 5.75 Å². The second kappa shape index (κ2) is 6.27. The van der Waals surface area contributed by atoms with Crippen molar-refractivity contribution < 1.29 is 15.0 Å². The van der Waals surface area contributed by atoms with Crippen molar-refractivity contribution in [2.75, 3.05) is 13.2 Å². The monoisotopic (exact) mass is 277 g/mol. The summed E-state index contributed by atoms with van der Waals surface area (Å²) in [6, 6.07) is 5.01. The highest BCUT2D eigenvalue weighted by Gasteiger charge is 2.31. The van der Waals surface area contributed by atoms with E-state index in [1.165, 1.54) is 6.42 Å². The third-order valence-corrected chi connectivity index (χ3v) is 4.27. The molecule has 0 heterocycles. The standard InChI is InChI=1S/C16H23NO3/c1-12-5-6-13(14(19)9-12)15(20)17-10-16(11-18)7-3-2-4-8-16/h5-6,9,18-19H,2-4,7-8,10-11H2,1H3,(H,17,20). The maximum Gasteiger partial charge on any atom is 0.255 e. The SMILES string of the molecule is Cc1ccc(C(=O)NCC2(CO)CCCCC2)c(O)c1. The Kier molecular flexibility index (Phi) is 4.65. The van der Waals surface area contributed by atoms with Gasteiger partial charge in [0.1, 0.15) is 5.75 Å². The van der Waals surface area contributed by atoms with E-state index in [-0.39, 0.29) is 23.7 Å². The van der Waals surface area contributed by atoms with Gasteiger partial charge in [-0.05, 0) is 37.5 Å². The second-order valence-electron chi connectivity index (χ2n) is 5.92. The molecule has 1 aliphatic rings. The molecule has 110 valence electrons. The van der Waals surface area contributed by atoms with Crippen LogP contribution in [0.2, 0.25) is 0 Å². The summed E-state index contributed by atoms with van der Waals surface area (Å²) >= 11 is 0. The van der Waals surface area contributed by atoms with Crippen LogP contribution in [0, 0.1) is 12.3 Å². The number of carbonyl (C=O) groups excluding carboxylic acids is 1. The van der Waals surface area contributed by atoms with Gasteiger partial charge in [-0.3, -0.25) is 4.79 Å². The molecular weight excluding hydrogens is 254 g/mol. The molecule has 1 fully saturated rings. The Morgan fingerprint density at radius 2 is 2.00 bits per heavy atom. The summed E-state index contributed by atoms with van der Waals surface area (Å²) in [6.07, 6.45) is 5.31. The van der Waals surface area contributed by atoms with Crippen LogP contribution in [0.1, 0.15) is 48.0 Å². The minimum atomic E-state index is -0.277. The average Bonchev–Trinajstić information content (AvgIpc) is 2.46. The highest BCUT2D eigenvalue weighted by atomic mass is 16.3. The van der Waals surface area contributed by atoms with Crippen molar-refractivity contribution in [3.05, 3.63) is 29.3 Å². The van der Waals surface area contributed by atoms with Gasteiger partial charge in [-0.15, -0.1) is 0 Å². The van der Waals surface area contributed by atoms with Crippen LogP contribution in [-0.4, -0.2) is 29.3 Å². The topological polar surface area (TPSA) is 69.6 Å². The van der Waals surface area contributed by atoms with Crippen LogP contribution >= 0.6 is 0 Å². The van der Waals surface area contributed by atoms with Crippen molar-refractivity contribution >= 4 is 5.91 Å². The summed E-state index contributed by atoms with van der Waals surface area (Å²) in [5.41, 5.74) is 1.02. The first-order chi connectivity index (χ1) is 9.56. The summed E-state index contributed by atoms with van der Waals surface area (Å²) in [5.74, 6) is -0.273. The number of aliphatic hydroxyl groups excluding tert-OH is 1. The quantitative estimate of drug-likeness (QED) is 0.791. The van der Waals surface area contributed by atoms with Gasteiger partial charge in [-0.25, -0.2) is 0 Å². The van der Waals surface area contributed by atoms with E-state index in [4.69, 9.17) is 0 Å². The smallest absolute Gasteiger partial charge is 0.255 e. The van der Waals surface area contributed by atoms with Crippen molar-refractivity contribution in [1.29, 1.82) is 0 Å². The number of benzene rings is 1. The number of phenolic OH excluding ortho intramolecular Hbond substituents is 1. The number of nitrogens with one attached hydrogen (secondary N) is 1. The molecule has 4 nitrogen and oxygen atoms in total. The molecule has 4 heteroatoms. The summed E-state index contributed by atoms with van der Waals surface area (Å²) in [7, 11) is 0. The summed E-state index contributed by atoms with van der Waals surface area (Å²) < 4.78 is 0. The zero-order valence-electron chi connectivity index (χ0n) is 12.0. The molecule has 3 N–H and O–H groups in total. The lowest BCUT2D eigenvalue weighted by molar-refractivity contribution is 0.0717. The number of hydrogen-bond donors (Lipinski definition) is 3. The predicted octanol–water partition coefficient (Wildman–Crippen LogP) is 2.37. The van der Waals surface area contributed by atoms with Gasteiger partial charge < -0.3 is 15.5 Å². The Hall–Kier alpha value is -1.55. The van der Waals surface area contributed by atoms with E-state index >= 15 is 0 Å². The number of aryl methyl sites for hydroxylation is 1. The number of hydrogen-bond acceptors (Lipinski definition) is 3. The number of phenols is 1. The van der Waals surface area contributed by atoms with Gasteiger partial charge in [0, 0.05) is 12.0 Å². The Morgan fingerprint density at radius 1 is 1.30 bits per heavy atom. The van der Waals surface area contributed by atoms with Crippen molar-refractivity contribution in [2.24, 2.45) is 5.41 Å². The van der Waals surface area contributed by atoms with Crippen LogP contribution in [-0.2, 0) is 0 Å². The Bertz CT molecular complexity index is 479. The largest absolute Gasteiger partial charge is 0.507 e. The van der Waals surface area contributed by atoms with E-state index in [1.807, 2.05) is 6.92 Å². The number of rotatable bonds is 4. The fraction of sp³-hybridized carbons (Fsp3) is 0.562. The van der Waals surface area contributed by atoms with Crippen LogP contribution in [0.25, 0.3) is 0 Å². The van der Waals surface area contributed by atoms with Crippen molar-refractivity contribution in [2.45, 2.75) is 39.0 Å². The summed E-state index contributed by atoms with van der Waals surface area (Å²) in [6.45, 7) is 2.44. The van der Waals surface area contributed by atoms with Gasteiger partial charge in [-0.2, -0.15) is 0 Å². The number of aliphatic hydroxyl groups is 1. The van der Waals surface area contributed by atoms with Crippen molar-refractivity contribution in [1.82, 2.24) is 5.32 Å². The highest BCUT2D eigenvalue weighted by Crippen LogP contribution is 2.35. The molecule has 0 bridgehead atoms. The van der Waals surface area contributed by atoms with Crippen LogP contribution < -0.4 is 5.32 Å². The molecule has 0 aliphatic heterocycles. The maximum absolute atomic E-state index is 12.1. The van der Waals surface area contributed by atoms with Gasteiger partial charge in [0.05, 0.1) is 12.2 Å². The molecule has 0 unspecified atom stereocenters. The molecule has 0 spiro atoms. The molecule has 1 aromatic rings. The van der Waals surface area contributed by atoms with E-state index in [0.717, 1.165) is 31.2 Å². The third-order valence-electron chi connectivity index (χ3n) is 4.27. The van der Waals surface area contributed by atoms with Crippen molar-refractivity contribution in [3.63, 3.8) is 0 Å². The highest BCUT2D eigenvalue weighted by molar-refractivity contribution is 5.96. The molecule has 1 aliphatic carbocycles. The van der Waals surface area contributed by atoms with Crippen LogP contribution in [0.3, 0.4) is 0 Å². The zero-order valence-corrected chi connectivity index (χ0v) is 12.0. The van der Waals surface area contributed by atoms with Gasteiger partial charge >= 0.3 is 0 Å². The lowest BCUT2D eigenvalue weighted by atomic mass is 9.74. The van der Waals surface area contributed by atoms with Gasteiger partial charge in [0.15, 0.2) is 0 Å². The molecule has 1 saturated carbocycles. The minimum Gasteiger partial charge on any atom is -0.507 e. The molecule has 2 rings (SSSR count). The fourth-order valence-electron chi connectivity index (χ4n) is 2.89. The molecular formula is C16H23NO3. The van der Waals surface area contributed by atoms with E-state index in [9.17, 15) is 15.0 Å². The first-order valence-electron chi connectivity index (χ1n) is 7.25. The summed E-state index contributed by atoms with van der Waals surface area (Å²) in [5, 5.41) is 22.3.